The van der Waals surface area contributed by atoms with Gasteiger partial charge in [0.05, 0.1) is 25.4 Å². The second-order valence-electron chi connectivity index (χ2n) is 18.2. The zero-order chi connectivity index (χ0) is 43.7. The average molecular weight is 846 g/mol. The molecule has 3 N–H and O–H groups in total. The minimum atomic E-state index is -0.843. The number of carbonyl (C=O) groups excluding carboxylic acids is 2. The van der Waals surface area contributed by atoms with E-state index in [4.69, 9.17) is 4.74 Å². The van der Waals surface area contributed by atoms with E-state index in [0.717, 1.165) is 44.9 Å². The summed E-state index contributed by atoms with van der Waals surface area (Å²) in [4.78, 5) is 24.4. The summed E-state index contributed by atoms with van der Waals surface area (Å²) in [6, 6.07) is -0.626. The van der Waals surface area contributed by atoms with E-state index in [2.05, 4.69) is 31.3 Å². The van der Waals surface area contributed by atoms with Crippen molar-refractivity contribution in [2.45, 2.75) is 296 Å². The summed E-state index contributed by atoms with van der Waals surface area (Å²) in [6.07, 6.45) is 59.1. The number of aliphatic hydroxyl groups is 2. The molecular formula is C54H103NO5. The highest BCUT2D eigenvalue weighted by molar-refractivity contribution is 5.76. The van der Waals surface area contributed by atoms with Crippen LogP contribution in [0.15, 0.2) is 24.3 Å². The summed E-state index contributed by atoms with van der Waals surface area (Å²) in [5.74, 6) is -0.0704. The minimum absolute atomic E-state index is 0.000138. The van der Waals surface area contributed by atoms with Crippen LogP contribution >= 0.6 is 0 Å². The highest BCUT2D eigenvalue weighted by atomic mass is 16.5. The Morgan fingerprint density at radius 2 is 0.800 bits per heavy atom. The molecule has 0 spiro atoms. The van der Waals surface area contributed by atoms with Crippen LogP contribution in [-0.4, -0.2) is 47.4 Å². The van der Waals surface area contributed by atoms with Crippen molar-refractivity contribution in [3.8, 4) is 0 Å². The Morgan fingerprint density at radius 1 is 0.450 bits per heavy atom. The van der Waals surface area contributed by atoms with Gasteiger partial charge in [-0.25, -0.2) is 0 Å². The molecule has 0 fully saturated rings. The number of nitrogens with one attached hydrogen (secondary N) is 1. The summed E-state index contributed by atoms with van der Waals surface area (Å²) in [7, 11) is 0. The standard InChI is InChI=1S/C54H103NO5/c1-3-5-7-9-11-13-26-30-34-38-42-46-52(57)51(50-56)55-53(58)47-43-39-35-31-28-24-22-20-18-16-15-17-19-21-23-25-29-33-37-41-45-49-60-54(59)48-44-40-36-32-27-14-12-10-8-6-4-2/h10,12,42,46,51-52,56-57H,3-9,11,13-41,43-45,47-50H2,1-2H3,(H,55,58)/b12-10-,46-42+. The van der Waals surface area contributed by atoms with E-state index in [1.54, 1.807) is 6.08 Å². The number of ether oxygens (including phenoxy) is 1. The third-order valence-corrected chi connectivity index (χ3v) is 12.2. The predicted octanol–water partition coefficient (Wildman–Crippen LogP) is 15.9. The van der Waals surface area contributed by atoms with Crippen molar-refractivity contribution in [3.63, 3.8) is 0 Å². The zero-order valence-electron chi connectivity index (χ0n) is 40.2. The Balaban J connectivity index is 3.40. The monoisotopic (exact) mass is 846 g/mol. The summed E-state index contributed by atoms with van der Waals surface area (Å²) >= 11 is 0. The molecule has 0 radical (unpaired) electrons. The van der Waals surface area contributed by atoms with Gasteiger partial charge < -0.3 is 20.3 Å². The Hall–Kier alpha value is -1.66. The van der Waals surface area contributed by atoms with Gasteiger partial charge in [0.1, 0.15) is 0 Å². The van der Waals surface area contributed by atoms with Gasteiger partial charge in [-0.1, -0.05) is 244 Å². The maximum absolute atomic E-state index is 12.4. The van der Waals surface area contributed by atoms with Gasteiger partial charge in [0, 0.05) is 12.8 Å². The fourth-order valence-corrected chi connectivity index (χ4v) is 8.08. The quantitative estimate of drug-likeness (QED) is 0.0322. The molecule has 0 aromatic heterocycles. The Kier molecular flexibility index (Phi) is 48.6. The van der Waals surface area contributed by atoms with E-state index in [0.29, 0.717) is 19.4 Å². The Morgan fingerprint density at radius 3 is 1.23 bits per heavy atom. The number of rotatable bonds is 49. The SMILES string of the molecule is CCCC/C=C\CCCCCCCC(=O)OCCCCCCCCCCCCCCCCCCCCCCCC(=O)NC(CO)C(O)/C=C/CCCCCCCCCCC. The molecule has 0 bridgehead atoms. The molecule has 6 heteroatoms. The smallest absolute Gasteiger partial charge is 0.305 e. The first kappa shape index (κ1) is 58.3. The fourth-order valence-electron chi connectivity index (χ4n) is 8.08. The molecule has 0 aliphatic rings. The molecule has 0 saturated carbocycles. The molecule has 0 rings (SSSR count). The van der Waals surface area contributed by atoms with E-state index >= 15 is 0 Å². The lowest BCUT2D eigenvalue weighted by atomic mass is 10.0. The molecule has 60 heavy (non-hydrogen) atoms. The number of esters is 1. The molecule has 1 amide bonds. The van der Waals surface area contributed by atoms with Crippen LogP contribution in [0.4, 0.5) is 0 Å². The number of amides is 1. The summed E-state index contributed by atoms with van der Waals surface area (Å²) < 4.78 is 5.45. The second-order valence-corrected chi connectivity index (χ2v) is 18.2. The molecule has 2 atom stereocenters. The predicted molar refractivity (Wildman–Crippen MR) is 260 cm³/mol. The largest absolute Gasteiger partial charge is 0.466 e. The molecule has 0 aliphatic carbocycles. The van der Waals surface area contributed by atoms with Gasteiger partial charge in [0.2, 0.25) is 5.91 Å². The van der Waals surface area contributed by atoms with E-state index in [1.807, 2.05) is 6.08 Å². The second kappa shape index (κ2) is 50.0. The third-order valence-electron chi connectivity index (χ3n) is 12.2. The Labute approximate surface area is 373 Å². The van der Waals surface area contributed by atoms with E-state index in [9.17, 15) is 19.8 Å². The van der Waals surface area contributed by atoms with Crippen LogP contribution in [0.2, 0.25) is 0 Å². The van der Waals surface area contributed by atoms with Gasteiger partial charge >= 0.3 is 5.97 Å². The molecule has 0 aliphatic heterocycles. The van der Waals surface area contributed by atoms with Crippen molar-refractivity contribution in [1.29, 1.82) is 0 Å². The number of hydrogen-bond acceptors (Lipinski definition) is 5. The molecular weight excluding hydrogens is 743 g/mol. The molecule has 0 saturated heterocycles. The van der Waals surface area contributed by atoms with Crippen LogP contribution in [-0.2, 0) is 14.3 Å². The van der Waals surface area contributed by atoms with E-state index < -0.39 is 12.1 Å². The topological polar surface area (TPSA) is 95.9 Å². The highest BCUT2D eigenvalue weighted by Gasteiger charge is 2.18. The molecule has 2 unspecified atom stereocenters. The fraction of sp³-hybridized carbons (Fsp3) is 0.889. The van der Waals surface area contributed by atoms with Crippen molar-refractivity contribution in [2.75, 3.05) is 13.2 Å². The maximum atomic E-state index is 12.4. The van der Waals surface area contributed by atoms with Gasteiger partial charge in [-0.05, 0) is 51.4 Å². The van der Waals surface area contributed by atoms with Gasteiger partial charge in [0.15, 0.2) is 0 Å². The van der Waals surface area contributed by atoms with E-state index in [-0.39, 0.29) is 18.5 Å². The van der Waals surface area contributed by atoms with Crippen LogP contribution in [0.1, 0.15) is 284 Å². The molecule has 354 valence electrons. The summed E-state index contributed by atoms with van der Waals surface area (Å²) in [6.45, 7) is 4.85. The van der Waals surface area contributed by atoms with Crippen molar-refractivity contribution >= 4 is 11.9 Å². The first-order chi connectivity index (χ1) is 29.5. The lowest BCUT2D eigenvalue weighted by Gasteiger charge is -2.20. The summed E-state index contributed by atoms with van der Waals surface area (Å²) in [5, 5.41) is 23.0. The number of hydrogen-bond donors (Lipinski definition) is 3. The van der Waals surface area contributed by atoms with E-state index in [1.165, 1.54) is 212 Å². The van der Waals surface area contributed by atoms with Crippen LogP contribution in [0.25, 0.3) is 0 Å². The first-order valence-corrected chi connectivity index (χ1v) is 26.6. The summed E-state index contributed by atoms with van der Waals surface area (Å²) in [5.41, 5.74) is 0. The number of aliphatic hydroxyl groups excluding tert-OH is 2. The average Bonchev–Trinajstić information content (AvgIpc) is 3.25. The van der Waals surface area contributed by atoms with Gasteiger partial charge in [-0.3, -0.25) is 9.59 Å². The minimum Gasteiger partial charge on any atom is -0.466 e. The number of unbranched alkanes of at least 4 members (excludes halogenated alkanes) is 36. The van der Waals surface area contributed by atoms with Gasteiger partial charge in [-0.15, -0.1) is 0 Å². The van der Waals surface area contributed by atoms with Crippen molar-refractivity contribution in [1.82, 2.24) is 5.32 Å². The molecule has 0 aromatic carbocycles. The molecule has 0 heterocycles. The van der Waals surface area contributed by atoms with Gasteiger partial charge in [0.25, 0.3) is 0 Å². The number of carbonyl (C=O) groups is 2. The number of allylic oxidation sites excluding steroid dienone is 3. The normalized spacial score (nSPS) is 12.8. The molecule has 6 nitrogen and oxygen atoms in total. The Bertz CT molecular complexity index is 935. The van der Waals surface area contributed by atoms with Crippen LogP contribution in [0.3, 0.4) is 0 Å². The third kappa shape index (κ3) is 45.9. The van der Waals surface area contributed by atoms with Crippen LogP contribution in [0.5, 0.6) is 0 Å². The molecule has 0 aromatic rings. The lowest BCUT2D eigenvalue weighted by Crippen LogP contribution is -2.45. The van der Waals surface area contributed by atoms with Crippen molar-refractivity contribution < 1.29 is 24.5 Å². The van der Waals surface area contributed by atoms with Crippen molar-refractivity contribution in [2.24, 2.45) is 0 Å². The van der Waals surface area contributed by atoms with Crippen LogP contribution in [0, 0.1) is 0 Å². The first-order valence-electron chi connectivity index (χ1n) is 26.6. The van der Waals surface area contributed by atoms with Crippen molar-refractivity contribution in [3.05, 3.63) is 24.3 Å². The zero-order valence-corrected chi connectivity index (χ0v) is 40.2. The van der Waals surface area contributed by atoms with Crippen LogP contribution < -0.4 is 5.32 Å². The lowest BCUT2D eigenvalue weighted by molar-refractivity contribution is -0.143. The maximum Gasteiger partial charge on any atom is 0.305 e. The van der Waals surface area contributed by atoms with Gasteiger partial charge in [-0.2, -0.15) is 0 Å². The highest BCUT2D eigenvalue weighted by Crippen LogP contribution is 2.16.